The summed E-state index contributed by atoms with van der Waals surface area (Å²) in [5.41, 5.74) is 6.12. The summed E-state index contributed by atoms with van der Waals surface area (Å²) < 4.78 is 11.7. The van der Waals surface area contributed by atoms with Crippen molar-refractivity contribution in [1.82, 2.24) is 0 Å². The van der Waals surface area contributed by atoms with Gasteiger partial charge in [0.1, 0.15) is 0 Å². The van der Waals surface area contributed by atoms with E-state index in [9.17, 15) is 5.11 Å². The first-order chi connectivity index (χ1) is 8.01. The summed E-state index contributed by atoms with van der Waals surface area (Å²) in [6, 6.07) is 3.59. The third kappa shape index (κ3) is 3.34. The second kappa shape index (κ2) is 6.23. The molecule has 5 heteroatoms. The number of halogens is 1. The van der Waals surface area contributed by atoms with Gasteiger partial charge in [-0.3, -0.25) is 0 Å². The van der Waals surface area contributed by atoms with Crippen LogP contribution in [0.2, 0.25) is 0 Å². The fraction of sp³-hybridized carbons (Fsp3) is 0.500. The maximum absolute atomic E-state index is 9.93. The normalized spacial score (nSPS) is 12.6. The number of rotatable bonds is 5. The molecule has 96 valence electrons. The van der Waals surface area contributed by atoms with Crippen LogP contribution in [-0.2, 0) is 0 Å². The Morgan fingerprint density at radius 3 is 2.53 bits per heavy atom. The molecule has 1 aromatic rings. The number of aliphatic hydroxyl groups excluding tert-OH is 1. The third-order valence-electron chi connectivity index (χ3n) is 2.24. The molecule has 17 heavy (non-hydrogen) atoms. The van der Waals surface area contributed by atoms with Gasteiger partial charge in [-0.25, -0.2) is 0 Å². The monoisotopic (exact) mass is 303 g/mol. The van der Waals surface area contributed by atoms with Gasteiger partial charge in [-0.15, -0.1) is 0 Å². The average molecular weight is 304 g/mol. The van der Waals surface area contributed by atoms with Crippen LogP contribution in [0.15, 0.2) is 16.6 Å². The van der Waals surface area contributed by atoms with Crippen LogP contribution in [0.25, 0.3) is 0 Å². The van der Waals surface area contributed by atoms with E-state index in [0.29, 0.717) is 17.1 Å². The molecule has 0 aliphatic carbocycles. The Morgan fingerprint density at radius 2 is 2.06 bits per heavy atom. The number of benzene rings is 1. The molecule has 3 N–H and O–H groups in total. The molecule has 0 heterocycles. The predicted octanol–water partition coefficient (Wildman–Crippen LogP) is 2.24. The largest absolute Gasteiger partial charge is 0.493 e. The maximum atomic E-state index is 9.93. The van der Waals surface area contributed by atoms with Crippen LogP contribution in [0.5, 0.6) is 11.5 Å². The van der Waals surface area contributed by atoms with Gasteiger partial charge in [0.05, 0.1) is 19.3 Å². The molecule has 4 nitrogen and oxygen atoms in total. The van der Waals surface area contributed by atoms with Crippen molar-refractivity contribution < 1.29 is 14.6 Å². The molecule has 0 aliphatic rings. The highest BCUT2D eigenvalue weighted by Crippen LogP contribution is 2.40. The van der Waals surface area contributed by atoms with Crippen molar-refractivity contribution in [2.75, 3.05) is 13.7 Å². The molecule has 0 aliphatic heterocycles. The minimum absolute atomic E-state index is 0.0121. The van der Waals surface area contributed by atoms with Crippen LogP contribution in [0.1, 0.15) is 25.5 Å². The highest BCUT2D eigenvalue weighted by atomic mass is 79.9. The number of aliphatic hydroxyl groups is 1. The lowest BCUT2D eigenvalue weighted by Crippen LogP contribution is -2.16. The smallest absolute Gasteiger partial charge is 0.168 e. The fourth-order valence-corrected chi connectivity index (χ4v) is 2.08. The number of hydrogen-bond donors (Lipinski definition) is 2. The second-order valence-electron chi connectivity index (χ2n) is 3.91. The van der Waals surface area contributed by atoms with E-state index in [4.69, 9.17) is 15.2 Å². The summed E-state index contributed by atoms with van der Waals surface area (Å²) in [5, 5.41) is 9.93. The topological polar surface area (TPSA) is 64.7 Å². The van der Waals surface area contributed by atoms with Crippen LogP contribution >= 0.6 is 15.9 Å². The van der Waals surface area contributed by atoms with Gasteiger partial charge in [-0.1, -0.05) is 15.9 Å². The summed E-state index contributed by atoms with van der Waals surface area (Å²) >= 11 is 3.39. The van der Waals surface area contributed by atoms with Gasteiger partial charge in [0.2, 0.25) is 0 Å². The minimum atomic E-state index is -0.784. The first-order valence-corrected chi connectivity index (χ1v) is 6.21. The van der Waals surface area contributed by atoms with Crippen LogP contribution in [0.3, 0.4) is 0 Å². The molecule has 1 rings (SSSR count). The highest BCUT2D eigenvalue weighted by Gasteiger charge is 2.21. The summed E-state index contributed by atoms with van der Waals surface area (Å²) in [6.45, 7) is 3.96. The Balaban J connectivity index is 3.31. The van der Waals surface area contributed by atoms with E-state index >= 15 is 0 Å². The van der Waals surface area contributed by atoms with Crippen LogP contribution in [0.4, 0.5) is 0 Å². The van der Waals surface area contributed by atoms with Gasteiger partial charge in [0, 0.05) is 16.6 Å². The maximum Gasteiger partial charge on any atom is 0.168 e. The molecular formula is C12H18BrNO3. The zero-order chi connectivity index (χ0) is 13.0. The fourth-order valence-electron chi connectivity index (χ4n) is 1.50. The number of ether oxygens (including phenoxy) is 2. The number of methoxy groups -OCH3 is 1. The first-order valence-electron chi connectivity index (χ1n) is 5.42. The van der Waals surface area contributed by atoms with Gasteiger partial charge in [-0.05, 0) is 26.0 Å². The lowest BCUT2D eigenvalue weighted by molar-refractivity contribution is 0.169. The molecule has 0 fully saturated rings. The van der Waals surface area contributed by atoms with Gasteiger partial charge in [0.25, 0.3) is 0 Å². The van der Waals surface area contributed by atoms with Crippen molar-refractivity contribution in [3.8, 4) is 11.5 Å². The molecule has 1 atom stereocenters. The zero-order valence-electron chi connectivity index (χ0n) is 10.2. The second-order valence-corrected chi connectivity index (χ2v) is 4.76. The number of hydrogen-bond acceptors (Lipinski definition) is 4. The molecule has 1 unspecified atom stereocenters. The SMILES string of the molecule is COc1ccc(Br)c(C(O)CN)c1OC(C)C. The molecule has 0 saturated heterocycles. The van der Waals surface area contributed by atoms with Crippen LogP contribution in [0, 0.1) is 0 Å². The third-order valence-corrected chi connectivity index (χ3v) is 2.93. The van der Waals surface area contributed by atoms with E-state index in [1.165, 1.54) is 0 Å². The standard InChI is InChI=1S/C12H18BrNO3/c1-7(2)17-12-10(16-3)5-4-8(13)11(12)9(15)6-14/h4-5,7,9,15H,6,14H2,1-3H3. The highest BCUT2D eigenvalue weighted by molar-refractivity contribution is 9.10. The predicted molar refractivity (Wildman–Crippen MR) is 70.5 cm³/mol. The van der Waals surface area contributed by atoms with Crippen molar-refractivity contribution >= 4 is 15.9 Å². The lowest BCUT2D eigenvalue weighted by atomic mass is 10.1. The van der Waals surface area contributed by atoms with Crippen molar-refractivity contribution in [3.05, 3.63) is 22.2 Å². The zero-order valence-corrected chi connectivity index (χ0v) is 11.8. The van der Waals surface area contributed by atoms with Gasteiger partial charge in [-0.2, -0.15) is 0 Å². The minimum Gasteiger partial charge on any atom is -0.493 e. The number of nitrogens with two attached hydrogens (primary N) is 1. The molecular weight excluding hydrogens is 286 g/mol. The van der Waals surface area contributed by atoms with Gasteiger partial charge >= 0.3 is 0 Å². The van der Waals surface area contributed by atoms with Gasteiger partial charge in [0.15, 0.2) is 11.5 Å². The molecule has 0 aromatic heterocycles. The summed E-state index contributed by atoms with van der Waals surface area (Å²) in [6.07, 6.45) is -0.796. The van der Waals surface area contributed by atoms with Gasteiger partial charge < -0.3 is 20.3 Å². The van der Waals surface area contributed by atoms with Crippen LogP contribution < -0.4 is 15.2 Å². The Morgan fingerprint density at radius 1 is 1.41 bits per heavy atom. The average Bonchev–Trinajstić information content (AvgIpc) is 2.28. The van der Waals surface area contributed by atoms with Crippen molar-refractivity contribution in [2.24, 2.45) is 5.73 Å². The molecule has 0 amide bonds. The van der Waals surface area contributed by atoms with Crippen LogP contribution in [-0.4, -0.2) is 24.9 Å². The molecule has 0 bridgehead atoms. The summed E-state index contributed by atoms with van der Waals surface area (Å²) in [4.78, 5) is 0. The molecule has 0 radical (unpaired) electrons. The molecule has 0 saturated carbocycles. The van der Waals surface area contributed by atoms with E-state index in [0.717, 1.165) is 4.47 Å². The van der Waals surface area contributed by atoms with E-state index in [1.807, 2.05) is 13.8 Å². The van der Waals surface area contributed by atoms with E-state index in [-0.39, 0.29) is 12.6 Å². The van der Waals surface area contributed by atoms with Crippen molar-refractivity contribution in [1.29, 1.82) is 0 Å². The summed E-state index contributed by atoms with van der Waals surface area (Å²) in [7, 11) is 1.56. The summed E-state index contributed by atoms with van der Waals surface area (Å²) in [5.74, 6) is 1.12. The van der Waals surface area contributed by atoms with E-state index in [2.05, 4.69) is 15.9 Å². The Kier molecular flexibility index (Phi) is 5.24. The molecule has 0 spiro atoms. The quantitative estimate of drug-likeness (QED) is 0.875. The van der Waals surface area contributed by atoms with Crippen molar-refractivity contribution in [3.63, 3.8) is 0 Å². The Hall–Kier alpha value is -0.780. The van der Waals surface area contributed by atoms with Crippen molar-refractivity contribution in [2.45, 2.75) is 26.1 Å². The van der Waals surface area contributed by atoms with E-state index < -0.39 is 6.10 Å². The Labute approximate surface area is 110 Å². The lowest BCUT2D eigenvalue weighted by Gasteiger charge is -2.21. The Bertz CT molecular complexity index is 382. The van der Waals surface area contributed by atoms with E-state index in [1.54, 1.807) is 19.2 Å². The first kappa shape index (κ1) is 14.3. The molecule has 1 aromatic carbocycles.